The Morgan fingerprint density at radius 1 is 1.27 bits per heavy atom. The van der Waals surface area contributed by atoms with Gasteiger partial charge in [-0.2, -0.15) is 5.10 Å². The fraction of sp³-hybridized carbons (Fsp3) is 0.0769. The number of halogens is 1. The minimum atomic E-state index is -3.76. The fourth-order valence-electron chi connectivity index (χ4n) is 1.43. The van der Waals surface area contributed by atoms with Crippen LogP contribution >= 0.6 is 22.9 Å². The normalized spacial score (nSPS) is 11.7. The van der Waals surface area contributed by atoms with Gasteiger partial charge >= 0.3 is 0 Å². The topological polar surface area (TPSA) is 87.6 Å². The van der Waals surface area contributed by atoms with Gasteiger partial charge in [0.1, 0.15) is 0 Å². The maximum absolute atomic E-state index is 11.9. The zero-order valence-electron chi connectivity index (χ0n) is 11.2. The molecule has 22 heavy (non-hydrogen) atoms. The molecular weight excluding hydrogens is 346 g/mol. The molecule has 0 aliphatic carbocycles. The van der Waals surface area contributed by atoms with Gasteiger partial charge in [0, 0.05) is 9.90 Å². The van der Waals surface area contributed by atoms with Crippen LogP contribution in [0.25, 0.3) is 0 Å². The number of carbonyl (C=O) groups excluding carboxylic acids is 1. The summed E-state index contributed by atoms with van der Waals surface area (Å²) < 4.78 is 26.1. The van der Waals surface area contributed by atoms with Crippen LogP contribution in [0.1, 0.15) is 4.88 Å². The number of carbonyl (C=O) groups is 1. The molecule has 0 atom stereocenters. The number of benzene rings is 1. The Hall–Kier alpha value is -1.74. The molecule has 6 nitrogen and oxygen atoms in total. The zero-order valence-corrected chi connectivity index (χ0v) is 13.6. The van der Waals surface area contributed by atoms with Crippen LogP contribution < -0.4 is 10.1 Å². The van der Waals surface area contributed by atoms with Crippen LogP contribution in [0.15, 0.2) is 51.8 Å². The first-order chi connectivity index (χ1) is 10.5. The van der Waals surface area contributed by atoms with Crippen LogP contribution in [0.4, 0.5) is 0 Å². The van der Waals surface area contributed by atoms with Crippen LogP contribution in [0.3, 0.4) is 0 Å². The minimum absolute atomic E-state index is 0.0341. The molecule has 0 radical (unpaired) electrons. The number of nitrogens with zero attached hydrogens (tertiary/aromatic N) is 1. The monoisotopic (exact) mass is 357 g/mol. The number of hydrazone groups is 1. The number of nitrogens with one attached hydrogen (secondary N) is 2. The van der Waals surface area contributed by atoms with E-state index in [9.17, 15) is 13.2 Å². The number of amides is 1. The lowest BCUT2D eigenvalue weighted by molar-refractivity contribution is -0.119. The summed E-state index contributed by atoms with van der Waals surface area (Å²) in [6.45, 7) is -0.410. The van der Waals surface area contributed by atoms with E-state index in [0.717, 1.165) is 4.88 Å². The van der Waals surface area contributed by atoms with E-state index in [1.807, 2.05) is 17.5 Å². The molecule has 1 aromatic carbocycles. The van der Waals surface area contributed by atoms with Gasteiger partial charge in [-0.1, -0.05) is 17.7 Å². The van der Waals surface area contributed by atoms with Gasteiger partial charge in [-0.05, 0) is 35.7 Å². The van der Waals surface area contributed by atoms with Crippen LogP contribution in [0, 0.1) is 0 Å². The highest BCUT2D eigenvalue weighted by molar-refractivity contribution is 7.89. The molecule has 9 heteroatoms. The third-order valence-corrected chi connectivity index (χ3v) is 4.95. The van der Waals surface area contributed by atoms with Gasteiger partial charge in [0.15, 0.2) is 0 Å². The average molecular weight is 358 g/mol. The van der Waals surface area contributed by atoms with Gasteiger partial charge in [0.25, 0.3) is 5.91 Å². The molecule has 0 aliphatic heterocycles. The largest absolute Gasteiger partial charge is 0.272 e. The van der Waals surface area contributed by atoms with Gasteiger partial charge < -0.3 is 0 Å². The van der Waals surface area contributed by atoms with Crippen molar-refractivity contribution in [3.63, 3.8) is 0 Å². The lowest BCUT2D eigenvalue weighted by Gasteiger charge is -2.05. The molecule has 1 amide bonds. The third-order valence-electron chi connectivity index (χ3n) is 2.47. The second-order valence-corrected chi connectivity index (χ2v) is 7.27. The number of sulfonamides is 1. The van der Waals surface area contributed by atoms with Crippen molar-refractivity contribution in [1.82, 2.24) is 10.1 Å². The highest BCUT2D eigenvalue weighted by Crippen LogP contribution is 2.13. The summed E-state index contributed by atoms with van der Waals surface area (Å²) in [5.74, 6) is -0.564. The van der Waals surface area contributed by atoms with Crippen molar-refractivity contribution in [1.29, 1.82) is 0 Å². The molecule has 1 heterocycles. The van der Waals surface area contributed by atoms with Gasteiger partial charge in [0.2, 0.25) is 10.0 Å². The summed E-state index contributed by atoms with van der Waals surface area (Å²) in [6, 6.07) is 9.33. The molecule has 2 rings (SSSR count). The number of hydrogen-bond donors (Lipinski definition) is 2. The summed E-state index contributed by atoms with van der Waals surface area (Å²) in [4.78, 5) is 12.4. The van der Waals surface area contributed by atoms with Gasteiger partial charge in [0.05, 0.1) is 17.7 Å². The molecule has 0 saturated carbocycles. The molecule has 0 saturated heterocycles. The highest BCUT2D eigenvalue weighted by Gasteiger charge is 2.14. The molecule has 2 aromatic rings. The fourth-order valence-corrected chi connectivity index (χ4v) is 3.12. The van der Waals surface area contributed by atoms with Crippen molar-refractivity contribution < 1.29 is 13.2 Å². The van der Waals surface area contributed by atoms with Crippen molar-refractivity contribution in [3.05, 3.63) is 51.7 Å². The maximum Gasteiger partial charge on any atom is 0.255 e. The average Bonchev–Trinajstić information content (AvgIpc) is 2.99. The molecule has 2 N–H and O–H groups in total. The molecule has 0 fully saturated rings. The van der Waals surface area contributed by atoms with E-state index in [-0.39, 0.29) is 4.90 Å². The van der Waals surface area contributed by atoms with Crippen LogP contribution in [-0.4, -0.2) is 27.1 Å². The second kappa shape index (κ2) is 7.50. The lowest BCUT2D eigenvalue weighted by atomic mass is 10.4. The summed E-state index contributed by atoms with van der Waals surface area (Å²) in [5, 5.41) is 6.04. The van der Waals surface area contributed by atoms with Crippen molar-refractivity contribution in [2.24, 2.45) is 5.10 Å². The molecular formula is C13H12ClN3O3S2. The van der Waals surface area contributed by atoms with Crippen LogP contribution in [-0.2, 0) is 14.8 Å². The Labute approximate surface area is 136 Å². The number of hydrogen-bond acceptors (Lipinski definition) is 5. The Kier molecular flexibility index (Phi) is 5.67. The Morgan fingerprint density at radius 2 is 2.00 bits per heavy atom. The quantitative estimate of drug-likeness (QED) is 0.610. The van der Waals surface area contributed by atoms with Crippen molar-refractivity contribution >= 4 is 45.1 Å². The van der Waals surface area contributed by atoms with E-state index in [0.29, 0.717) is 5.02 Å². The first kappa shape index (κ1) is 16.6. The standard InChI is InChI=1S/C13H12ClN3O3S2/c14-10-3-5-12(6-4-10)22(19,20)16-9-13(18)17-15-8-11-2-1-7-21-11/h1-8,16H,9H2,(H,17,18)/b15-8+. The molecule has 0 unspecified atom stereocenters. The maximum atomic E-state index is 11.9. The van der Waals surface area contributed by atoms with E-state index in [2.05, 4.69) is 15.2 Å². The Balaban J connectivity index is 1.86. The summed E-state index contributed by atoms with van der Waals surface area (Å²) in [5.41, 5.74) is 2.24. The Bertz CT molecular complexity index is 756. The SMILES string of the molecule is O=C(CNS(=O)(=O)c1ccc(Cl)cc1)N/N=C/c1cccs1. The lowest BCUT2D eigenvalue weighted by Crippen LogP contribution is -2.34. The Morgan fingerprint density at radius 3 is 2.64 bits per heavy atom. The molecule has 0 spiro atoms. The molecule has 0 bridgehead atoms. The molecule has 116 valence electrons. The van der Waals surface area contributed by atoms with Crippen molar-refractivity contribution in [3.8, 4) is 0 Å². The first-order valence-corrected chi connectivity index (χ1v) is 8.82. The van der Waals surface area contributed by atoms with E-state index in [4.69, 9.17) is 11.6 Å². The van der Waals surface area contributed by atoms with Gasteiger partial charge in [-0.15, -0.1) is 11.3 Å². The van der Waals surface area contributed by atoms with Crippen molar-refractivity contribution in [2.75, 3.05) is 6.54 Å². The van der Waals surface area contributed by atoms with Crippen LogP contribution in [0.2, 0.25) is 5.02 Å². The van der Waals surface area contributed by atoms with E-state index in [1.54, 1.807) is 0 Å². The smallest absolute Gasteiger partial charge is 0.255 e. The van der Waals surface area contributed by atoms with E-state index < -0.39 is 22.5 Å². The van der Waals surface area contributed by atoms with Crippen LogP contribution in [0.5, 0.6) is 0 Å². The number of thiophene rings is 1. The predicted octanol–water partition coefficient (Wildman–Crippen LogP) is 1.83. The highest BCUT2D eigenvalue weighted by atomic mass is 35.5. The van der Waals surface area contributed by atoms with Crippen molar-refractivity contribution in [2.45, 2.75) is 4.90 Å². The predicted molar refractivity (Wildman–Crippen MR) is 86.7 cm³/mol. The third kappa shape index (κ3) is 4.92. The van der Waals surface area contributed by atoms with Gasteiger partial charge in [-0.3, -0.25) is 4.79 Å². The van der Waals surface area contributed by atoms with E-state index >= 15 is 0 Å². The molecule has 1 aromatic heterocycles. The van der Waals surface area contributed by atoms with Gasteiger partial charge in [-0.25, -0.2) is 18.6 Å². The summed E-state index contributed by atoms with van der Waals surface area (Å²) >= 11 is 7.16. The summed E-state index contributed by atoms with van der Waals surface area (Å²) in [7, 11) is -3.76. The molecule has 0 aliphatic rings. The summed E-state index contributed by atoms with van der Waals surface area (Å²) in [6.07, 6.45) is 1.48. The van der Waals surface area contributed by atoms with E-state index in [1.165, 1.54) is 41.8 Å². The zero-order chi connectivity index (χ0) is 16.0. The first-order valence-electron chi connectivity index (χ1n) is 6.08. The minimum Gasteiger partial charge on any atom is -0.272 e. The second-order valence-electron chi connectivity index (χ2n) is 4.09. The number of rotatable bonds is 6.